The van der Waals surface area contributed by atoms with Crippen LogP contribution in [0.4, 0.5) is 13.2 Å². The van der Waals surface area contributed by atoms with E-state index in [0.717, 1.165) is 43.4 Å². The highest BCUT2D eigenvalue weighted by atomic mass is 19.4. The first-order valence-corrected chi connectivity index (χ1v) is 7.16. The number of alkyl halides is 3. The van der Waals surface area contributed by atoms with Gasteiger partial charge in [-0.2, -0.15) is 13.2 Å². The van der Waals surface area contributed by atoms with Crippen molar-refractivity contribution in [3.05, 3.63) is 35.4 Å². The van der Waals surface area contributed by atoms with Gasteiger partial charge in [-0.15, -0.1) is 0 Å². The Labute approximate surface area is 122 Å². The van der Waals surface area contributed by atoms with Gasteiger partial charge in [0.15, 0.2) is 0 Å². The number of carbonyl (C=O) groups excluding carboxylic acids is 1. The SMILES string of the molecule is COC(=O)C[C@H]1CCCC[C@@H]1c1ccc(C(F)(F)F)cc1. The molecule has 5 heteroatoms. The molecule has 1 fully saturated rings. The first-order chi connectivity index (χ1) is 9.91. The number of halogens is 3. The van der Waals surface area contributed by atoms with Crippen molar-refractivity contribution >= 4 is 5.97 Å². The van der Waals surface area contributed by atoms with E-state index in [2.05, 4.69) is 0 Å². The highest BCUT2D eigenvalue weighted by Gasteiger charge is 2.32. The second-order valence-electron chi connectivity index (χ2n) is 5.55. The highest BCUT2D eigenvalue weighted by Crippen LogP contribution is 2.40. The summed E-state index contributed by atoms with van der Waals surface area (Å²) in [6.07, 6.45) is -0.0470. The van der Waals surface area contributed by atoms with Crippen LogP contribution in [0.2, 0.25) is 0 Å². The fraction of sp³-hybridized carbons (Fsp3) is 0.562. The lowest BCUT2D eigenvalue weighted by Crippen LogP contribution is -2.21. The average Bonchev–Trinajstić information content (AvgIpc) is 2.47. The number of hydrogen-bond donors (Lipinski definition) is 0. The van der Waals surface area contributed by atoms with E-state index in [9.17, 15) is 18.0 Å². The topological polar surface area (TPSA) is 26.3 Å². The maximum Gasteiger partial charge on any atom is 0.416 e. The lowest BCUT2D eigenvalue weighted by atomic mass is 9.74. The lowest BCUT2D eigenvalue weighted by molar-refractivity contribution is -0.142. The Hall–Kier alpha value is -1.52. The van der Waals surface area contributed by atoms with E-state index < -0.39 is 11.7 Å². The number of methoxy groups -OCH3 is 1. The van der Waals surface area contributed by atoms with E-state index >= 15 is 0 Å². The molecule has 1 saturated carbocycles. The van der Waals surface area contributed by atoms with Gasteiger partial charge in [0, 0.05) is 6.42 Å². The van der Waals surface area contributed by atoms with Gasteiger partial charge < -0.3 is 4.74 Å². The van der Waals surface area contributed by atoms with Crippen molar-refractivity contribution in [2.24, 2.45) is 5.92 Å². The minimum Gasteiger partial charge on any atom is -0.469 e. The standard InChI is InChI=1S/C16H19F3O2/c1-21-15(20)10-12-4-2-3-5-14(12)11-6-8-13(9-7-11)16(17,18)19/h6-9,12,14H,2-5,10H2,1H3/t12-,14-/m1/s1. The van der Waals surface area contributed by atoms with Gasteiger partial charge in [-0.25, -0.2) is 0 Å². The smallest absolute Gasteiger partial charge is 0.416 e. The van der Waals surface area contributed by atoms with Gasteiger partial charge in [-0.05, 0) is 42.4 Å². The normalized spacial score (nSPS) is 22.9. The van der Waals surface area contributed by atoms with Gasteiger partial charge in [0.2, 0.25) is 0 Å². The van der Waals surface area contributed by atoms with Crippen molar-refractivity contribution in [3.63, 3.8) is 0 Å². The monoisotopic (exact) mass is 300 g/mol. The first kappa shape index (κ1) is 15.9. The molecule has 0 aromatic heterocycles. The van der Waals surface area contributed by atoms with Crippen LogP contribution in [0.5, 0.6) is 0 Å². The molecule has 0 unspecified atom stereocenters. The molecule has 0 saturated heterocycles. The third kappa shape index (κ3) is 3.99. The fourth-order valence-electron chi connectivity index (χ4n) is 3.11. The molecule has 1 aromatic rings. The summed E-state index contributed by atoms with van der Waals surface area (Å²) in [5.41, 5.74) is 0.253. The summed E-state index contributed by atoms with van der Waals surface area (Å²) in [5, 5.41) is 0. The molecule has 0 radical (unpaired) electrons. The maximum atomic E-state index is 12.6. The molecule has 21 heavy (non-hydrogen) atoms. The molecule has 116 valence electrons. The van der Waals surface area contributed by atoms with Gasteiger partial charge in [0.1, 0.15) is 0 Å². The molecular formula is C16H19F3O2. The largest absolute Gasteiger partial charge is 0.469 e. The minimum absolute atomic E-state index is 0.139. The predicted octanol–water partition coefficient (Wildman–Crippen LogP) is 4.54. The van der Waals surface area contributed by atoms with E-state index in [1.54, 1.807) is 12.1 Å². The van der Waals surface area contributed by atoms with E-state index in [4.69, 9.17) is 4.74 Å². The fourth-order valence-corrected chi connectivity index (χ4v) is 3.11. The van der Waals surface area contributed by atoms with E-state index in [1.165, 1.54) is 7.11 Å². The second kappa shape index (κ2) is 6.50. The summed E-state index contributed by atoms with van der Waals surface area (Å²) in [5.74, 6) is 0.0434. The maximum absolute atomic E-state index is 12.6. The van der Waals surface area contributed by atoms with Crippen molar-refractivity contribution in [3.8, 4) is 0 Å². The molecule has 0 amide bonds. The van der Waals surface area contributed by atoms with Gasteiger partial charge in [-0.3, -0.25) is 4.79 Å². The van der Waals surface area contributed by atoms with E-state index in [0.29, 0.717) is 6.42 Å². The molecule has 0 heterocycles. The Morgan fingerprint density at radius 2 is 1.81 bits per heavy atom. The molecule has 1 aromatic carbocycles. The molecule has 0 aliphatic heterocycles. The summed E-state index contributed by atoms with van der Waals surface area (Å²) < 4.78 is 42.5. The molecule has 1 aliphatic rings. The quantitative estimate of drug-likeness (QED) is 0.766. The summed E-state index contributed by atoms with van der Waals surface area (Å²) in [6, 6.07) is 5.34. The Morgan fingerprint density at radius 3 is 2.38 bits per heavy atom. The molecule has 2 rings (SSSR count). The van der Waals surface area contributed by atoms with Crippen LogP contribution in [0.25, 0.3) is 0 Å². The van der Waals surface area contributed by atoms with Crippen molar-refractivity contribution < 1.29 is 22.7 Å². The van der Waals surface area contributed by atoms with Crippen LogP contribution in [0.15, 0.2) is 24.3 Å². The van der Waals surface area contributed by atoms with Crippen molar-refractivity contribution in [1.29, 1.82) is 0 Å². The summed E-state index contributed by atoms with van der Waals surface area (Å²) in [6.45, 7) is 0. The van der Waals surface area contributed by atoms with Crippen LogP contribution < -0.4 is 0 Å². The van der Waals surface area contributed by atoms with Gasteiger partial charge in [-0.1, -0.05) is 25.0 Å². The predicted molar refractivity (Wildman–Crippen MR) is 72.8 cm³/mol. The number of benzene rings is 1. The molecule has 1 aliphatic carbocycles. The summed E-state index contributed by atoms with van der Waals surface area (Å²) in [7, 11) is 1.36. The van der Waals surface area contributed by atoms with Crippen LogP contribution in [0, 0.1) is 5.92 Å². The molecule has 0 bridgehead atoms. The van der Waals surface area contributed by atoms with E-state index in [1.807, 2.05) is 0 Å². The van der Waals surface area contributed by atoms with E-state index in [-0.39, 0.29) is 17.8 Å². The van der Waals surface area contributed by atoms with Crippen LogP contribution >= 0.6 is 0 Å². The first-order valence-electron chi connectivity index (χ1n) is 7.16. The van der Waals surface area contributed by atoms with Crippen LogP contribution in [0.1, 0.15) is 49.1 Å². The Kier molecular flexibility index (Phi) is 4.91. The number of rotatable bonds is 3. The zero-order chi connectivity index (χ0) is 15.5. The van der Waals surface area contributed by atoms with Crippen LogP contribution in [0.3, 0.4) is 0 Å². The van der Waals surface area contributed by atoms with Crippen molar-refractivity contribution in [2.75, 3.05) is 7.11 Å². The third-order valence-electron chi connectivity index (χ3n) is 4.23. The number of hydrogen-bond acceptors (Lipinski definition) is 2. The Bertz CT molecular complexity index is 479. The molecular weight excluding hydrogens is 281 g/mol. The van der Waals surface area contributed by atoms with Crippen molar-refractivity contribution in [1.82, 2.24) is 0 Å². The lowest BCUT2D eigenvalue weighted by Gasteiger charge is -2.31. The van der Waals surface area contributed by atoms with Crippen LogP contribution in [-0.2, 0) is 15.7 Å². The second-order valence-corrected chi connectivity index (χ2v) is 5.55. The van der Waals surface area contributed by atoms with Crippen LogP contribution in [-0.4, -0.2) is 13.1 Å². The Balaban J connectivity index is 2.15. The zero-order valence-electron chi connectivity index (χ0n) is 12.0. The van der Waals surface area contributed by atoms with Gasteiger partial charge in [0.25, 0.3) is 0 Å². The van der Waals surface area contributed by atoms with Gasteiger partial charge >= 0.3 is 12.1 Å². The Morgan fingerprint density at radius 1 is 1.19 bits per heavy atom. The summed E-state index contributed by atoms with van der Waals surface area (Å²) >= 11 is 0. The van der Waals surface area contributed by atoms with Gasteiger partial charge in [0.05, 0.1) is 12.7 Å². The minimum atomic E-state index is -4.31. The third-order valence-corrected chi connectivity index (χ3v) is 4.23. The number of ether oxygens (including phenoxy) is 1. The molecule has 0 N–H and O–H groups in total. The summed E-state index contributed by atoms with van der Waals surface area (Å²) in [4.78, 5) is 11.5. The molecule has 0 spiro atoms. The average molecular weight is 300 g/mol. The van der Waals surface area contributed by atoms with Crippen molar-refractivity contribution in [2.45, 2.75) is 44.2 Å². The molecule has 2 atom stereocenters. The zero-order valence-corrected chi connectivity index (χ0v) is 12.0. The highest BCUT2D eigenvalue weighted by molar-refractivity contribution is 5.69. The molecule has 2 nitrogen and oxygen atoms in total. The number of esters is 1. The number of carbonyl (C=O) groups is 1.